The minimum Gasteiger partial charge on any atom is -0.446 e. The molecule has 0 spiro atoms. The largest absolute Gasteiger partial charge is 0.446 e. The Morgan fingerprint density at radius 1 is 1.40 bits per heavy atom. The summed E-state index contributed by atoms with van der Waals surface area (Å²) >= 11 is 0. The Balaban J connectivity index is 2.07. The van der Waals surface area contributed by atoms with E-state index in [9.17, 15) is 5.26 Å². The third-order valence-electron chi connectivity index (χ3n) is 5.50. The Morgan fingerprint density at radius 2 is 2.12 bits per heavy atom. The number of nitrogens with two attached hydrogens (primary N) is 1. The van der Waals surface area contributed by atoms with E-state index in [0.717, 1.165) is 38.0 Å². The van der Waals surface area contributed by atoms with Crippen molar-refractivity contribution in [3.05, 3.63) is 46.8 Å². The van der Waals surface area contributed by atoms with Crippen molar-refractivity contribution < 1.29 is 9.47 Å². The number of likely N-dealkylation sites (tertiary alicyclic amines) is 1. The van der Waals surface area contributed by atoms with Crippen molar-refractivity contribution in [3.8, 4) is 6.07 Å². The van der Waals surface area contributed by atoms with E-state index < -0.39 is 5.79 Å². The monoisotopic (exact) mass is 341 g/mol. The van der Waals surface area contributed by atoms with E-state index >= 15 is 0 Å². The fourth-order valence-corrected chi connectivity index (χ4v) is 4.20. The van der Waals surface area contributed by atoms with Crippen LogP contribution in [0, 0.1) is 24.2 Å². The van der Waals surface area contributed by atoms with Crippen molar-refractivity contribution in [2.45, 2.75) is 38.4 Å². The van der Waals surface area contributed by atoms with Gasteiger partial charge in [0, 0.05) is 38.5 Å². The van der Waals surface area contributed by atoms with Crippen LogP contribution in [0.4, 0.5) is 0 Å². The summed E-state index contributed by atoms with van der Waals surface area (Å²) in [6.07, 6.45) is 1.85. The van der Waals surface area contributed by atoms with Crippen molar-refractivity contribution >= 4 is 0 Å². The smallest absolute Gasteiger partial charge is 0.218 e. The average molecular weight is 341 g/mol. The third-order valence-corrected chi connectivity index (χ3v) is 5.50. The predicted molar refractivity (Wildman–Crippen MR) is 96.4 cm³/mol. The molecule has 2 aliphatic rings. The van der Waals surface area contributed by atoms with Crippen molar-refractivity contribution in [3.63, 3.8) is 0 Å². The lowest BCUT2D eigenvalue weighted by molar-refractivity contribution is -0.266. The Kier molecular flexibility index (Phi) is 5.03. The molecular formula is C20H27N3O2. The molecule has 25 heavy (non-hydrogen) atoms. The van der Waals surface area contributed by atoms with Gasteiger partial charge < -0.3 is 20.1 Å². The summed E-state index contributed by atoms with van der Waals surface area (Å²) < 4.78 is 11.9. The molecule has 0 aromatic heterocycles. The van der Waals surface area contributed by atoms with Crippen LogP contribution in [-0.2, 0) is 9.47 Å². The number of ether oxygens (including phenoxy) is 2. The zero-order chi connectivity index (χ0) is 18.0. The first kappa shape index (κ1) is 17.8. The fourth-order valence-electron chi connectivity index (χ4n) is 4.20. The van der Waals surface area contributed by atoms with Crippen LogP contribution in [0.5, 0.6) is 0 Å². The molecule has 0 amide bonds. The van der Waals surface area contributed by atoms with Crippen LogP contribution in [0.15, 0.2) is 35.7 Å². The predicted octanol–water partition coefficient (Wildman–Crippen LogP) is 2.88. The molecule has 0 aliphatic carbocycles. The Hall–Kier alpha value is -2.03. The minimum absolute atomic E-state index is 0.0301. The quantitative estimate of drug-likeness (QED) is 0.912. The summed E-state index contributed by atoms with van der Waals surface area (Å²) in [7, 11) is 1.68. The molecule has 3 atom stereocenters. The third kappa shape index (κ3) is 3.12. The van der Waals surface area contributed by atoms with Crippen LogP contribution in [-0.4, -0.2) is 37.4 Å². The van der Waals surface area contributed by atoms with Crippen LogP contribution < -0.4 is 5.73 Å². The molecule has 5 nitrogen and oxygen atoms in total. The van der Waals surface area contributed by atoms with Gasteiger partial charge in [-0.25, -0.2) is 0 Å². The second kappa shape index (κ2) is 7.07. The number of benzene rings is 1. The molecule has 1 aromatic rings. The highest BCUT2D eigenvalue weighted by molar-refractivity contribution is 5.42. The molecule has 1 saturated heterocycles. The Bertz CT molecular complexity index is 692. The average Bonchev–Trinajstić information content (AvgIpc) is 2.62. The molecule has 2 heterocycles. The SMILES string of the molecule is CCCN1CC[C@@]2(OC)OC(N)=C(C#N)[C@@H](c3ccc(C)cc3)[C@@H]2C1. The summed E-state index contributed by atoms with van der Waals surface area (Å²) in [6.45, 7) is 7.03. The first-order valence-electron chi connectivity index (χ1n) is 8.97. The summed E-state index contributed by atoms with van der Waals surface area (Å²) in [6, 6.07) is 10.6. The number of hydrogen-bond donors (Lipinski definition) is 1. The fraction of sp³-hybridized carbons (Fsp3) is 0.550. The molecule has 0 bridgehead atoms. The van der Waals surface area contributed by atoms with Gasteiger partial charge in [0.25, 0.3) is 0 Å². The maximum Gasteiger partial charge on any atom is 0.218 e. The van der Waals surface area contributed by atoms with Crippen molar-refractivity contribution in [1.82, 2.24) is 4.90 Å². The van der Waals surface area contributed by atoms with Crippen LogP contribution in [0.25, 0.3) is 0 Å². The molecule has 1 fully saturated rings. The molecule has 3 rings (SSSR count). The van der Waals surface area contributed by atoms with Crippen LogP contribution in [0.3, 0.4) is 0 Å². The Labute approximate surface area is 150 Å². The molecule has 0 saturated carbocycles. The molecule has 2 aliphatic heterocycles. The molecular weight excluding hydrogens is 314 g/mol. The number of methoxy groups -OCH3 is 1. The second-order valence-corrected chi connectivity index (χ2v) is 7.05. The standard InChI is InChI=1S/C20H27N3O2/c1-4-10-23-11-9-20(24-3)17(13-23)18(16(12-21)19(22)25-20)15-7-5-14(2)6-8-15/h5-8,17-18H,4,9-11,13,22H2,1-3H3/t17-,18+,20+/m0/s1. The van der Waals surface area contributed by atoms with E-state index in [1.165, 1.54) is 5.56 Å². The van der Waals surface area contributed by atoms with Gasteiger partial charge in [-0.3, -0.25) is 0 Å². The van der Waals surface area contributed by atoms with Gasteiger partial charge in [0.1, 0.15) is 6.07 Å². The molecule has 1 aromatic carbocycles. The highest BCUT2D eigenvalue weighted by Crippen LogP contribution is 2.49. The van der Waals surface area contributed by atoms with Gasteiger partial charge in [0.05, 0.1) is 5.57 Å². The molecule has 5 heteroatoms. The highest BCUT2D eigenvalue weighted by atomic mass is 16.7. The molecule has 2 N–H and O–H groups in total. The van der Waals surface area contributed by atoms with Gasteiger partial charge in [-0.2, -0.15) is 5.26 Å². The van der Waals surface area contributed by atoms with E-state index in [1.807, 2.05) is 0 Å². The number of nitrogens with zero attached hydrogens (tertiary/aromatic N) is 2. The lowest BCUT2D eigenvalue weighted by Gasteiger charge is -2.51. The van der Waals surface area contributed by atoms with E-state index in [-0.39, 0.29) is 17.7 Å². The van der Waals surface area contributed by atoms with E-state index in [2.05, 4.69) is 49.1 Å². The summed E-state index contributed by atoms with van der Waals surface area (Å²) in [4.78, 5) is 2.43. The van der Waals surface area contributed by atoms with Crippen LogP contribution in [0.2, 0.25) is 0 Å². The first-order valence-corrected chi connectivity index (χ1v) is 8.97. The summed E-state index contributed by atoms with van der Waals surface area (Å²) in [5.41, 5.74) is 8.95. The Morgan fingerprint density at radius 3 is 2.72 bits per heavy atom. The van der Waals surface area contributed by atoms with Gasteiger partial charge in [-0.05, 0) is 25.5 Å². The number of aryl methyl sites for hydroxylation is 1. The first-order chi connectivity index (χ1) is 12.0. The van der Waals surface area contributed by atoms with Crippen molar-refractivity contribution in [1.29, 1.82) is 5.26 Å². The van der Waals surface area contributed by atoms with Crippen LogP contribution >= 0.6 is 0 Å². The number of piperidine rings is 1. The van der Waals surface area contributed by atoms with Crippen LogP contribution in [0.1, 0.15) is 36.8 Å². The minimum atomic E-state index is -0.760. The number of fused-ring (bicyclic) bond motifs is 1. The summed E-state index contributed by atoms with van der Waals surface area (Å²) in [5, 5.41) is 9.74. The number of nitriles is 1. The molecule has 0 unspecified atom stereocenters. The van der Waals surface area contributed by atoms with Gasteiger partial charge in [0.2, 0.25) is 11.7 Å². The molecule has 134 valence electrons. The zero-order valence-electron chi connectivity index (χ0n) is 15.3. The van der Waals surface area contributed by atoms with E-state index in [4.69, 9.17) is 15.2 Å². The zero-order valence-corrected chi connectivity index (χ0v) is 15.3. The van der Waals surface area contributed by atoms with Gasteiger partial charge in [-0.15, -0.1) is 0 Å². The maximum absolute atomic E-state index is 9.74. The van der Waals surface area contributed by atoms with E-state index in [0.29, 0.717) is 5.57 Å². The summed E-state index contributed by atoms with van der Waals surface area (Å²) in [5.74, 6) is -0.638. The topological polar surface area (TPSA) is 71.5 Å². The lowest BCUT2D eigenvalue weighted by atomic mass is 9.72. The lowest BCUT2D eigenvalue weighted by Crippen LogP contribution is -2.59. The highest BCUT2D eigenvalue weighted by Gasteiger charge is 2.54. The van der Waals surface area contributed by atoms with Crippen molar-refractivity contribution in [2.75, 3.05) is 26.7 Å². The second-order valence-electron chi connectivity index (χ2n) is 7.05. The van der Waals surface area contributed by atoms with E-state index in [1.54, 1.807) is 7.11 Å². The number of rotatable bonds is 4. The maximum atomic E-state index is 9.74. The van der Waals surface area contributed by atoms with Gasteiger partial charge in [-0.1, -0.05) is 36.8 Å². The van der Waals surface area contributed by atoms with Crippen molar-refractivity contribution in [2.24, 2.45) is 11.7 Å². The normalized spacial score (nSPS) is 29.7. The number of allylic oxidation sites excluding steroid dienone is 1. The van der Waals surface area contributed by atoms with Gasteiger partial charge in [0.15, 0.2) is 0 Å². The molecule has 0 radical (unpaired) electrons. The van der Waals surface area contributed by atoms with Gasteiger partial charge >= 0.3 is 0 Å². The number of hydrogen-bond acceptors (Lipinski definition) is 5.